The number of hydrogen-bond acceptors (Lipinski definition) is 4. The summed E-state index contributed by atoms with van der Waals surface area (Å²) in [5, 5.41) is 4.74. The molecule has 0 aliphatic carbocycles. The molecule has 0 bridgehead atoms. The molecule has 0 saturated carbocycles. The van der Waals surface area contributed by atoms with Crippen molar-refractivity contribution in [3.05, 3.63) is 88.1 Å². The number of carbonyl (C=O) groups is 2. The molecule has 1 N–H and O–H groups in total. The van der Waals surface area contributed by atoms with Crippen molar-refractivity contribution in [1.29, 1.82) is 0 Å². The fraction of sp³-hybridized carbons (Fsp3) is 0.217. The first kappa shape index (κ1) is 20.6. The van der Waals surface area contributed by atoms with Crippen LogP contribution in [0.4, 0.5) is 5.69 Å². The minimum atomic E-state index is -0.739. The summed E-state index contributed by atoms with van der Waals surface area (Å²) in [5.41, 5.74) is 2.90. The molecule has 5 nitrogen and oxygen atoms in total. The molecular weight excluding hydrogens is 382 g/mol. The summed E-state index contributed by atoms with van der Waals surface area (Å²) in [6.45, 7) is 0.463. The van der Waals surface area contributed by atoms with Crippen molar-refractivity contribution in [3.63, 3.8) is 0 Å². The van der Waals surface area contributed by atoms with Gasteiger partial charge >= 0.3 is 0 Å². The Bertz CT molecular complexity index is 938. The molecule has 0 aliphatic heterocycles. The van der Waals surface area contributed by atoms with E-state index in [9.17, 15) is 9.59 Å². The Kier molecular flexibility index (Phi) is 6.67. The van der Waals surface area contributed by atoms with Gasteiger partial charge < -0.3 is 15.1 Å². The van der Waals surface area contributed by atoms with Gasteiger partial charge in [0.05, 0.1) is 4.88 Å². The van der Waals surface area contributed by atoms with Crippen molar-refractivity contribution in [1.82, 2.24) is 10.2 Å². The number of nitrogens with zero attached hydrogens (tertiary/aromatic N) is 2. The second-order valence-corrected chi connectivity index (χ2v) is 8.00. The Labute approximate surface area is 175 Å². The number of hydrogen-bond donors (Lipinski definition) is 1. The van der Waals surface area contributed by atoms with Crippen LogP contribution in [0.2, 0.25) is 0 Å². The first-order chi connectivity index (χ1) is 14.0. The summed E-state index contributed by atoms with van der Waals surface area (Å²) in [7, 11) is 5.74. The Balaban J connectivity index is 1.77. The van der Waals surface area contributed by atoms with Crippen LogP contribution < -0.4 is 10.2 Å². The van der Waals surface area contributed by atoms with Gasteiger partial charge in [0.1, 0.15) is 6.04 Å². The lowest BCUT2D eigenvalue weighted by atomic mass is 10.0. The number of amides is 2. The first-order valence-electron chi connectivity index (χ1n) is 9.36. The minimum Gasteiger partial charge on any atom is -0.378 e. The summed E-state index contributed by atoms with van der Waals surface area (Å²) < 4.78 is 0. The van der Waals surface area contributed by atoms with Crippen LogP contribution in [-0.4, -0.2) is 37.9 Å². The third kappa shape index (κ3) is 5.23. The third-order valence-corrected chi connectivity index (χ3v) is 5.52. The number of thiophene rings is 1. The van der Waals surface area contributed by atoms with Gasteiger partial charge in [-0.25, -0.2) is 0 Å². The van der Waals surface area contributed by atoms with E-state index in [4.69, 9.17) is 0 Å². The van der Waals surface area contributed by atoms with Gasteiger partial charge in [0.15, 0.2) is 0 Å². The molecule has 3 aromatic rings. The van der Waals surface area contributed by atoms with E-state index in [0.717, 1.165) is 16.8 Å². The van der Waals surface area contributed by atoms with Gasteiger partial charge in [0.2, 0.25) is 5.91 Å². The fourth-order valence-electron chi connectivity index (χ4n) is 3.01. The van der Waals surface area contributed by atoms with Crippen LogP contribution in [0.15, 0.2) is 72.1 Å². The highest BCUT2D eigenvalue weighted by Gasteiger charge is 2.26. The number of nitrogens with one attached hydrogen (secondary N) is 1. The Morgan fingerprint density at radius 3 is 2.21 bits per heavy atom. The summed E-state index contributed by atoms with van der Waals surface area (Å²) in [6.07, 6.45) is 0. The van der Waals surface area contributed by atoms with E-state index >= 15 is 0 Å². The normalized spacial score (nSPS) is 11.6. The van der Waals surface area contributed by atoms with Gasteiger partial charge in [0, 0.05) is 33.4 Å². The predicted molar refractivity (Wildman–Crippen MR) is 118 cm³/mol. The van der Waals surface area contributed by atoms with Gasteiger partial charge in [-0.15, -0.1) is 11.3 Å². The summed E-state index contributed by atoms with van der Waals surface area (Å²) in [5.74, 6) is -0.399. The van der Waals surface area contributed by atoms with E-state index in [1.807, 2.05) is 85.0 Å². The second-order valence-electron chi connectivity index (χ2n) is 7.05. The molecule has 2 amide bonds. The summed E-state index contributed by atoms with van der Waals surface area (Å²) >= 11 is 1.35. The number of carbonyl (C=O) groups excluding carboxylic acids is 2. The molecule has 1 heterocycles. The standard InChI is InChI=1S/C23H25N3O2S/c1-25(2)19-13-11-17(12-14-19)16-26(3)23(28)21(18-8-5-4-6-9-18)24-22(27)20-10-7-15-29-20/h4-15,21H,16H2,1-3H3,(H,24,27). The lowest BCUT2D eigenvalue weighted by Crippen LogP contribution is -2.40. The number of benzene rings is 2. The van der Waals surface area contributed by atoms with Crippen molar-refractivity contribution >= 4 is 28.8 Å². The number of likely N-dealkylation sites (N-methyl/N-ethyl adjacent to an activating group) is 1. The Hall–Kier alpha value is -3.12. The highest BCUT2D eigenvalue weighted by molar-refractivity contribution is 7.12. The maximum atomic E-state index is 13.2. The van der Waals surface area contributed by atoms with Crippen LogP contribution in [0.25, 0.3) is 0 Å². The van der Waals surface area contributed by atoms with Crippen LogP contribution in [0.3, 0.4) is 0 Å². The molecule has 0 aliphatic rings. The third-order valence-electron chi connectivity index (χ3n) is 4.65. The molecular formula is C23H25N3O2S. The monoisotopic (exact) mass is 407 g/mol. The number of anilines is 1. The van der Waals surface area contributed by atoms with Gasteiger partial charge in [-0.1, -0.05) is 48.5 Å². The largest absolute Gasteiger partial charge is 0.378 e. The highest BCUT2D eigenvalue weighted by atomic mass is 32.1. The Morgan fingerprint density at radius 2 is 1.62 bits per heavy atom. The van der Waals surface area contributed by atoms with Crippen molar-refractivity contribution in [2.45, 2.75) is 12.6 Å². The highest BCUT2D eigenvalue weighted by Crippen LogP contribution is 2.20. The average Bonchev–Trinajstić information content (AvgIpc) is 3.27. The maximum Gasteiger partial charge on any atom is 0.262 e. The molecule has 3 rings (SSSR count). The maximum absolute atomic E-state index is 13.2. The van der Waals surface area contributed by atoms with E-state index in [-0.39, 0.29) is 11.8 Å². The molecule has 2 aromatic carbocycles. The lowest BCUT2D eigenvalue weighted by Gasteiger charge is -2.25. The van der Waals surface area contributed by atoms with Crippen LogP contribution in [0.1, 0.15) is 26.8 Å². The molecule has 1 aromatic heterocycles. The van der Waals surface area contributed by atoms with E-state index in [1.54, 1.807) is 18.0 Å². The van der Waals surface area contributed by atoms with E-state index in [2.05, 4.69) is 5.32 Å². The lowest BCUT2D eigenvalue weighted by molar-refractivity contribution is -0.132. The van der Waals surface area contributed by atoms with E-state index < -0.39 is 6.04 Å². The quantitative estimate of drug-likeness (QED) is 0.645. The van der Waals surface area contributed by atoms with Crippen LogP contribution in [0, 0.1) is 0 Å². The first-order valence-corrected chi connectivity index (χ1v) is 10.2. The molecule has 0 fully saturated rings. The zero-order chi connectivity index (χ0) is 20.8. The van der Waals surface area contributed by atoms with Crippen molar-refractivity contribution in [3.8, 4) is 0 Å². The molecule has 1 unspecified atom stereocenters. The average molecular weight is 408 g/mol. The second kappa shape index (κ2) is 9.39. The molecule has 0 spiro atoms. The van der Waals surface area contributed by atoms with E-state index in [1.165, 1.54) is 11.3 Å². The molecule has 29 heavy (non-hydrogen) atoms. The fourth-order valence-corrected chi connectivity index (χ4v) is 3.64. The smallest absolute Gasteiger partial charge is 0.262 e. The molecule has 0 saturated heterocycles. The van der Waals surface area contributed by atoms with Crippen molar-refractivity contribution in [2.24, 2.45) is 0 Å². The van der Waals surface area contributed by atoms with Gasteiger partial charge in [0.25, 0.3) is 5.91 Å². The van der Waals surface area contributed by atoms with Crippen LogP contribution in [-0.2, 0) is 11.3 Å². The minimum absolute atomic E-state index is 0.155. The SMILES string of the molecule is CN(Cc1ccc(N(C)C)cc1)C(=O)C(NC(=O)c1cccs1)c1ccccc1. The predicted octanol–water partition coefficient (Wildman–Crippen LogP) is 3.94. The van der Waals surface area contributed by atoms with Gasteiger partial charge in [-0.3, -0.25) is 9.59 Å². The Morgan fingerprint density at radius 1 is 0.931 bits per heavy atom. The van der Waals surface area contributed by atoms with Crippen LogP contribution in [0.5, 0.6) is 0 Å². The number of rotatable bonds is 7. The van der Waals surface area contributed by atoms with Crippen molar-refractivity contribution < 1.29 is 9.59 Å². The molecule has 150 valence electrons. The summed E-state index contributed by atoms with van der Waals surface area (Å²) in [6, 6.07) is 20.3. The zero-order valence-electron chi connectivity index (χ0n) is 16.8. The molecule has 1 atom stereocenters. The van der Waals surface area contributed by atoms with Gasteiger partial charge in [-0.05, 0) is 34.7 Å². The van der Waals surface area contributed by atoms with Gasteiger partial charge in [-0.2, -0.15) is 0 Å². The molecule has 0 radical (unpaired) electrons. The topological polar surface area (TPSA) is 52.6 Å². The van der Waals surface area contributed by atoms with E-state index in [0.29, 0.717) is 11.4 Å². The van der Waals surface area contributed by atoms with Crippen molar-refractivity contribution in [2.75, 3.05) is 26.0 Å². The molecule has 6 heteroatoms. The zero-order valence-corrected chi connectivity index (χ0v) is 17.6. The summed E-state index contributed by atoms with van der Waals surface area (Å²) in [4.78, 5) is 30.1. The van der Waals surface area contributed by atoms with Crippen LogP contribution >= 0.6 is 11.3 Å².